The fraction of sp³-hybridized carbons (Fsp3) is 0.619. The molecule has 2 aromatic heterocycles. The van der Waals surface area contributed by atoms with Crippen LogP contribution in [-0.4, -0.2) is 32.4 Å². The van der Waals surface area contributed by atoms with E-state index in [4.69, 9.17) is 0 Å². The number of hydrogen-bond acceptors (Lipinski definition) is 5. The molecule has 0 radical (unpaired) electrons. The molecule has 7 heteroatoms. The first-order valence-electron chi connectivity index (χ1n) is 10.6. The Morgan fingerprint density at radius 1 is 1.00 bits per heavy atom. The summed E-state index contributed by atoms with van der Waals surface area (Å²) in [5.41, 5.74) is 2.29. The molecule has 0 spiro atoms. The van der Waals surface area contributed by atoms with Crippen molar-refractivity contribution in [1.82, 2.24) is 19.3 Å². The van der Waals surface area contributed by atoms with Gasteiger partial charge in [-0.2, -0.15) is 5.10 Å². The van der Waals surface area contributed by atoms with E-state index < -0.39 is 0 Å². The van der Waals surface area contributed by atoms with E-state index in [2.05, 4.69) is 15.0 Å². The average molecular weight is 381 g/mol. The number of rotatable bonds is 5. The van der Waals surface area contributed by atoms with Crippen LogP contribution in [0, 0.1) is 11.8 Å². The van der Waals surface area contributed by atoms with Gasteiger partial charge in [0.05, 0.1) is 5.69 Å². The van der Waals surface area contributed by atoms with Crippen LogP contribution in [0.1, 0.15) is 43.4 Å². The van der Waals surface area contributed by atoms with Crippen LogP contribution in [0.3, 0.4) is 0 Å². The maximum atomic E-state index is 12.8. The van der Waals surface area contributed by atoms with E-state index in [0.29, 0.717) is 24.2 Å². The Bertz CT molecular complexity index is 983. The van der Waals surface area contributed by atoms with Crippen LogP contribution in [0.25, 0.3) is 0 Å². The van der Waals surface area contributed by atoms with Gasteiger partial charge in [0, 0.05) is 44.6 Å². The highest BCUT2D eigenvalue weighted by Gasteiger charge is 2.26. The van der Waals surface area contributed by atoms with Crippen molar-refractivity contribution in [3.05, 3.63) is 50.4 Å². The zero-order valence-electron chi connectivity index (χ0n) is 16.2. The highest BCUT2D eigenvalue weighted by molar-refractivity contribution is 5.36. The van der Waals surface area contributed by atoms with Gasteiger partial charge in [0.25, 0.3) is 11.1 Å². The largest absolute Gasteiger partial charge is 0.352 e. The van der Waals surface area contributed by atoms with E-state index >= 15 is 0 Å². The number of nitrogens with zero attached hydrogens (tertiary/aromatic N) is 5. The SMILES string of the molecule is O=c1c(N2CCC(Cn3nc4c(cc3=O)CCC4)CC2)nccn1CC1CC1. The topological polar surface area (TPSA) is 73.0 Å². The molecule has 28 heavy (non-hydrogen) atoms. The van der Waals surface area contributed by atoms with Crippen molar-refractivity contribution >= 4 is 5.82 Å². The molecular formula is C21H27N5O2. The Hall–Kier alpha value is -2.44. The zero-order valence-corrected chi connectivity index (χ0v) is 16.2. The van der Waals surface area contributed by atoms with Gasteiger partial charge in [0.2, 0.25) is 0 Å². The molecule has 7 nitrogen and oxygen atoms in total. The van der Waals surface area contributed by atoms with Crippen LogP contribution in [0.4, 0.5) is 5.82 Å². The number of fused-ring (bicyclic) bond motifs is 1. The predicted octanol–water partition coefficient (Wildman–Crippen LogP) is 1.62. The Morgan fingerprint density at radius 3 is 2.57 bits per heavy atom. The smallest absolute Gasteiger partial charge is 0.293 e. The standard InChI is InChI=1S/C21H27N5O2/c27-19-12-17-2-1-3-18(17)23-26(19)14-16-6-9-24(10-7-16)20-21(28)25(11-8-22-20)13-15-4-5-15/h8,11-12,15-16H,1-7,9-10,13-14H2. The summed E-state index contributed by atoms with van der Waals surface area (Å²) >= 11 is 0. The number of aromatic nitrogens is 4. The quantitative estimate of drug-likeness (QED) is 0.787. The van der Waals surface area contributed by atoms with Crippen molar-refractivity contribution in [2.75, 3.05) is 18.0 Å². The minimum absolute atomic E-state index is 0.0239. The lowest BCUT2D eigenvalue weighted by atomic mass is 9.97. The molecule has 1 aliphatic heterocycles. The Balaban J connectivity index is 1.25. The summed E-state index contributed by atoms with van der Waals surface area (Å²) in [6.07, 6.45) is 11.0. The molecule has 1 saturated heterocycles. The van der Waals surface area contributed by atoms with Gasteiger partial charge < -0.3 is 9.47 Å². The Labute approximate surface area is 164 Å². The lowest BCUT2D eigenvalue weighted by Crippen LogP contribution is -2.41. The molecule has 0 atom stereocenters. The van der Waals surface area contributed by atoms with Gasteiger partial charge >= 0.3 is 0 Å². The highest BCUT2D eigenvalue weighted by atomic mass is 16.1. The third-order valence-corrected chi connectivity index (χ3v) is 6.42. The zero-order chi connectivity index (χ0) is 19.1. The normalized spacial score (nSPS) is 19.8. The van der Waals surface area contributed by atoms with E-state index in [-0.39, 0.29) is 11.1 Å². The van der Waals surface area contributed by atoms with Crippen LogP contribution in [0.5, 0.6) is 0 Å². The second kappa shape index (κ2) is 7.18. The summed E-state index contributed by atoms with van der Waals surface area (Å²) in [6, 6.07) is 1.78. The van der Waals surface area contributed by atoms with Gasteiger partial charge in [0.15, 0.2) is 5.82 Å². The Morgan fingerprint density at radius 2 is 1.79 bits per heavy atom. The average Bonchev–Trinajstić information content (AvgIpc) is 3.41. The highest BCUT2D eigenvalue weighted by Crippen LogP contribution is 2.30. The van der Waals surface area contributed by atoms with Gasteiger partial charge in [0.1, 0.15) is 0 Å². The first-order valence-corrected chi connectivity index (χ1v) is 10.6. The Kier molecular flexibility index (Phi) is 4.53. The molecule has 2 aromatic rings. The van der Waals surface area contributed by atoms with Crippen molar-refractivity contribution in [3.63, 3.8) is 0 Å². The molecule has 3 heterocycles. The molecule has 2 fully saturated rings. The van der Waals surface area contributed by atoms with Gasteiger partial charge in [-0.1, -0.05) is 0 Å². The molecule has 0 unspecified atom stereocenters. The third kappa shape index (κ3) is 3.50. The van der Waals surface area contributed by atoms with Crippen LogP contribution < -0.4 is 16.0 Å². The second-order valence-electron chi connectivity index (χ2n) is 8.57. The van der Waals surface area contributed by atoms with Crippen LogP contribution in [0.15, 0.2) is 28.0 Å². The monoisotopic (exact) mass is 381 g/mol. The van der Waals surface area contributed by atoms with Gasteiger partial charge in [-0.05, 0) is 62.3 Å². The molecule has 0 aromatic carbocycles. The minimum atomic E-state index is 0.0239. The molecular weight excluding hydrogens is 354 g/mol. The van der Waals surface area contributed by atoms with E-state index in [1.165, 1.54) is 12.8 Å². The van der Waals surface area contributed by atoms with Crippen molar-refractivity contribution < 1.29 is 0 Å². The molecule has 0 amide bonds. The second-order valence-corrected chi connectivity index (χ2v) is 8.57. The summed E-state index contributed by atoms with van der Waals surface area (Å²) in [5.74, 6) is 1.66. The number of aryl methyl sites for hydroxylation is 2. The number of hydrogen-bond donors (Lipinski definition) is 0. The summed E-state index contributed by atoms with van der Waals surface area (Å²) in [5, 5.41) is 4.61. The fourth-order valence-electron chi connectivity index (χ4n) is 4.52. The van der Waals surface area contributed by atoms with Crippen LogP contribution in [-0.2, 0) is 25.9 Å². The summed E-state index contributed by atoms with van der Waals surface area (Å²) in [7, 11) is 0. The number of anilines is 1. The fourth-order valence-corrected chi connectivity index (χ4v) is 4.52. The molecule has 5 rings (SSSR count). The maximum Gasteiger partial charge on any atom is 0.293 e. The van der Waals surface area contributed by atoms with Crippen molar-refractivity contribution in [3.8, 4) is 0 Å². The van der Waals surface area contributed by atoms with Crippen molar-refractivity contribution in [1.29, 1.82) is 0 Å². The van der Waals surface area contributed by atoms with Crippen molar-refractivity contribution in [2.24, 2.45) is 11.8 Å². The predicted molar refractivity (Wildman–Crippen MR) is 107 cm³/mol. The van der Waals surface area contributed by atoms with E-state index in [1.54, 1.807) is 16.9 Å². The molecule has 3 aliphatic rings. The lowest BCUT2D eigenvalue weighted by molar-refractivity contribution is 0.332. The molecule has 148 valence electrons. The molecule has 1 saturated carbocycles. The van der Waals surface area contributed by atoms with Gasteiger partial charge in [-0.25, -0.2) is 9.67 Å². The summed E-state index contributed by atoms with van der Waals surface area (Å²) < 4.78 is 3.48. The summed E-state index contributed by atoms with van der Waals surface area (Å²) in [6.45, 7) is 3.10. The van der Waals surface area contributed by atoms with Crippen molar-refractivity contribution in [2.45, 2.75) is 58.0 Å². The summed E-state index contributed by atoms with van der Waals surface area (Å²) in [4.78, 5) is 31.6. The lowest BCUT2D eigenvalue weighted by Gasteiger charge is -2.32. The van der Waals surface area contributed by atoms with E-state index in [1.807, 2.05) is 10.8 Å². The van der Waals surface area contributed by atoms with E-state index in [0.717, 1.165) is 63.0 Å². The van der Waals surface area contributed by atoms with Gasteiger partial charge in [-0.15, -0.1) is 0 Å². The first-order chi connectivity index (χ1) is 13.7. The minimum Gasteiger partial charge on any atom is -0.352 e. The molecule has 0 N–H and O–H groups in total. The van der Waals surface area contributed by atoms with E-state index in [9.17, 15) is 9.59 Å². The molecule has 2 aliphatic carbocycles. The van der Waals surface area contributed by atoms with Crippen LogP contribution >= 0.6 is 0 Å². The maximum absolute atomic E-state index is 12.8. The third-order valence-electron chi connectivity index (χ3n) is 6.42. The first kappa shape index (κ1) is 17.6. The molecule has 0 bridgehead atoms. The van der Waals surface area contributed by atoms with Crippen LogP contribution in [0.2, 0.25) is 0 Å². The van der Waals surface area contributed by atoms with Gasteiger partial charge in [-0.3, -0.25) is 9.59 Å². The number of piperidine rings is 1.